The van der Waals surface area contributed by atoms with Crippen molar-refractivity contribution >= 4 is 17.7 Å². The van der Waals surface area contributed by atoms with Gasteiger partial charge in [0.2, 0.25) is 0 Å². The van der Waals surface area contributed by atoms with Crippen LogP contribution >= 0.6 is 0 Å². The number of hydrogen-bond acceptors (Lipinski definition) is 3. The topological polar surface area (TPSA) is 96.2 Å². The van der Waals surface area contributed by atoms with E-state index in [2.05, 4.69) is 15.7 Å². The Hall–Kier alpha value is -2.05. The number of aromatic nitrogens is 2. The molecule has 1 heterocycles. The fraction of sp³-hybridized carbons (Fsp3) is 0.583. The van der Waals surface area contributed by atoms with Gasteiger partial charge in [-0.2, -0.15) is 5.10 Å². The molecule has 1 aliphatic rings. The van der Waals surface area contributed by atoms with Crippen LogP contribution in [0.4, 0.5) is 10.5 Å². The van der Waals surface area contributed by atoms with Gasteiger partial charge in [-0.15, -0.1) is 0 Å². The fourth-order valence-electron chi connectivity index (χ4n) is 1.99. The van der Waals surface area contributed by atoms with Gasteiger partial charge in [-0.25, -0.2) is 9.59 Å². The lowest BCUT2D eigenvalue weighted by Gasteiger charge is -2.25. The Bertz CT molecular complexity index is 495. The first-order chi connectivity index (χ1) is 8.95. The molecule has 7 nitrogen and oxygen atoms in total. The van der Waals surface area contributed by atoms with Gasteiger partial charge in [0.05, 0.1) is 11.9 Å². The monoisotopic (exact) mass is 266 g/mol. The number of carboxylic acid groups (broad SMARTS) is 1. The Morgan fingerprint density at radius 1 is 1.58 bits per heavy atom. The molecule has 1 aromatic rings. The van der Waals surface area contributed by atoms with Crippen molar-refractivity contribution in [2.24, 2.45) is 5.92 Å². The summed E-state index contributed by atoms with van der Waals surface area (Å²) in [6, 6.07) is -0.521. The lowest BCUT2D eigenvalue weighted by molar-refractivity contribution is -0.144. The molecule has 2 rings (SSSR count). The molecule has 0 radical (unpaired) electrons. The van der Waals surface area contributed by atoms with Crippen LogP contribution in [0.15, 0.2) is 12.4 Å². The minimum Gasteiger partial charge on any atom is -0.480 e. The van der Waals surface area contributed by atoms with Crippen molar-refractivity contribution in [3.05, 3.63) is 12.4 Å². The second-order valence-electron chi connectivity index (χ2n) is 4.95. The Balaban J connectivity index is 1.98. The number of nitrogens with one attached hydrogen (secondary N) is 2. The maximum atomic E-state index is 11.8. The first kappa shape index (κ1) is 13.4. The Labute approximate surface area is 111 Å². The summed E-state index contributed by atoms with van der Waals surface area (Å²) in [4.78, 5) is 23.1. The number of rotatable bonds is 5. The molecule has 1 fully saturated rings. The summed E-state index contributed by atoms with van der Waals surface area (Å²) >= 11 is 0. The van der Waals surface area contributed by atoms with Gasteiger partial charge in [0.1, 0.15) is 5.54 Å². The number of carbonyl (C=O) groups is 2. The van der Waals surface area contributed by atoms with E-state index in [0.29, 0.717) is 12.2 Å². The van der Waals surface area contributed by atoms with Crippen LogP contribution in [0.2, 0.25) is 0 Å². The van der Waals surface area contributed by atoms with Crippen molar-refractivity contribution in [2.45, 2.75) is 38.8 Å². The van der Waals surface area contributed by atoms with E-state index in [4.69, 9.17) is 0 Å². The number of anilines is 1. The van der Waals surface area contributed by atoms with Crippen molar-refractivity contribution < 1.29 is 14.7 Å². The van der Waals surface area contributed by atoms with Crippen molar-refractivity contribution in [3.8, 4) is 0 Å². The number of urea groups is 1. The minimum atomic E-state index is -1.20. The number of aliphatic carboxylic acids is 1. The van der Waals surface area contributed by atoms with E-state index in [-0.39, 0.29) is 5.92 Å². The third-order valence-electron chi connectivity index (χ3n) is 3.43. The number of hydrogen-bond donors (Lipinski definition) is 3. The zero-order chi connectivity index (χ0) is 14.0. The normalized spacial score (nSPS) is 17.6. The lowest BCUT2D eigenvalue weighted by Crippen LogP contribution is -2.55. The molecular formula is C12H18N4O3. The summed E-state index contributed by atoms with van der Waals surface area (Å²) < 4.78 is 1.67. The zero-order valence-corrected chi connectivity index (χ0v) is 11.0. The van der Waals surface area contributed by atoms with E-state index >= 15 is 0 Å². The minimum absolute atomic E-state index is 0.00844. The molecule has 1 aliphatic carbocycles. The van der Waals surface area contributed by atoms with Gasteiger partial charge in [-0.3, -0.25) is 4.68 Å². The smallest absolute Gasteiger partial charge is 0.329 e. The van der Waals surface area contributed by atoms with Gasteiger partial charge >= 0.3 is 12.0 Å². The molecule has 1 atom stereocenters. The number of carboxylic acids is 1. The molecule has 19 heavy (non-hydrogen) atoms. The largest absolute Gasteiger partial charge is 0.480 e. The molecule has 0 bridgehead atoms. The molecule has 0 aromatic carbocycles. The highest BCUT2D eigenvalue weighted by Gasteiger charge is 2.48. The highest BCUT2D eigenvalue weighted by Crippen LogP contribution is 2.39. The highest BCUT2D eigenvalue weighted by molar-refractivity contribution is 5.93. The lowest BCUT2D eigenvalue weighted by atomic mass is 9.96. The van der Waals surface area contributed by atoms with E-state index in [9.17, 15) is 14.7 Å². The number of carbonyl (C=O) groups excluding carboxylic acids is 1. The number of amides is 2. The maximum absolute atomic E-state index is 11.8. The summed E-state index contributed by atoms with van der Waals surface area (Å²) in [5.41, 5.74) is -0.659. The molecule has 1 aromatic heterocycles. The van der Waals surface area contributed by atoms with E-state index in [0.717, 1.165) is 12.8 Å². The van der Waals surface area contributed by atoms with E-state index < -0.39 is 17.5 Å². The van der Waals surface area contributed by atoms with E-state index in [1.807, 2.05) is 6.92 Å². The molecule has 0 saturated heterocycles. The molecule has 0 aliphatic heterocycles. The van der Waals surface area contributed by atoms with Crippen molar-refractivity contribution in [2.75, 3.05) is 5.32 Å². The fourth-order valence-corrected chi connectivity index (χ4v) is 1.99. The van der Waals surface area contributed by atoms with Gasteiger partial charge in [0, 0.05) is 12.7 Å². The van der Waals surface area contributed by atoms with Crippen LogP contribution in [0.25, 0.3) is 0 Å². The zero-order valence-electron chi connectivity index (χ0n) is 11.0. The van der Waals surface area contributed by atoms with Gasteiger partial charge in [-0.1, -0.05) is 0 Å². The third-order valence-corrected chi connectivity index (χ3v) is 3.43. The Kier molecular flexibility index (Phi) is 3.46. The number of nitrogens with zero attached hydrogens (tertiary/aromatic N) is 2. The van der Waals surface area contributed by atoms with Gasteiger partial charge in [0.15, 0.2) is 0 Å². The summed E-state index contributed by atoms with van der Waals surface area (Å²) in [6.45, 7) is 4.19. The third kappa shape index (κ3) is 2.86. The van der Waals surface area contributed by atoms with Crippen LogP contribution in [-0.4, -0.2) is 32.4 Å². The molecule has 0 spiro atoms. The maximum Gasteiger partial charge on any atom is 0.329 e. The molecule has 3 N–H and O–H groups in total. The first-order valence-corrected chi connectivity index (χ1v) is 6.30. The quantitative estimate of drug-likeness (QED) is 0.748. The van der Waals surface area contributed by atoms with Crippen LogP contribution in [0, 0.1) is 5.92 Å². The molecule has 7 heteroatoms. The van der Waals surface area contributed by atoms with Crippen LogP contribution < -0.4 is 10.6 Å². The van der Waals surface area contributed by atoms with Crippen molar-refractivity contribution in [1.29, 1.82) is 0 Å². The Morgan fingerprint density at radius 2 is 2.26 bits per heavy atom. The van der Waals surface area contributed by atoms with Crippen LogP contribution in [0.5, 0.6) is 0 Å². The van der Waals surface area contributed by atoms with Crippen molar-refractivity contribution in [3.63, 3.8) is 0 Å². The summed E-state index contributed by atoms with van der Waals surface area (Å²) in [5, 5.41) is 18.4. The van der Waals surface area contributed by atoms with Gasteiger partial charge in [0.25, 0.3) is 0 Å². The Morgan fingerprint density at radius 3 is 2.74 bits per heavy atom. The predicted molar refractivity (Wildman–Crippen MR) is 68.8 cm³/mol. The standard InChI is InChI=1S/C12H18N4O3/c1-3-16-7-9(6-13-16)14-11(19)15-12(2,10(17)18)8-4-5-8/h6-8H,3-5H2,1-2H3,(H,17,18)(H2,14,15,19). The molecular weight excluding hydrogens is 248 g/mol. The van der Waals surface area contributed by atoms with Crippen LogP contribution in [-0.2, 0) is 11.3 Å². The van der Waals surface area contributed by atoms with Crippen LogP contribution in [0.1, 0.15) is 26.7 Å². The second kappa shape index (κ2) is 4.91. The highest BCUT2D eigenvalue weighted by atomic mass is 16.4. The average molecular weight is 266 g/mol. The summed E-state index contributed by atoms with van der Waals surface area (Å²) in [5.74, 6) is -0.997. The van der Waals surface area contributed by atoms with Crippen molar-refractivity contribution in [1.82, 2.24) is 15.1 Å². The molecule has 1 unspecified atom stereocenters. The van der Waals surface area contributed by atoms with Gasteiger partial charge in [-0.05, 0) is 32.6 Å². The predicted octanol–water partition coefficient (Wildman–Crippen LogP) is 1.28. The summed E-state index contributed by atoms with van der Waals surface area (Å²) in [7, 11) is 0. The average Bonchev–Trinajstić information content (AvgIpc) is 3.11. The molecule has 1 saturated carbocycles. The molecule has 104 valence electrons. The second-order valence-corrected chi connectivity index (χ2v) is 4.95. The number of aryl methyl sites for hydroxylation is 1. The van der Waals surface area contributed by atoms with Crippen LogP contribution in [0.3, 0.4) is 0 Å². The molecule has 2 amide bonds. The summed E-state index contributed by atoms with van der Waals surface area (Å²) in [6.07, 6.45) is 4.88. The SMILES string of the molecule is CCn1cc(NC(=O)NC(C)(C(=O)O)C2CC2)cn1. The van der Waals surface area contributed by atoms with Gasteiger partial charge < -0.3 is 15.7 Å². The van der Waals surface area contributed by atoms with E-state index in [1.165, 1.54) is 6.20 Å². The first-order valence-electron chi connectivity index (χ1n) is 6.30. The van der Waals surface area contributed by atoms with E-state index in [1.54, 1.807) is 17.8 Å².